The van der Waals surface area contributed by atoms with Crippen LogP contribution in [-0.2, 0) is 4.79 Å². The summed E-state index contributed by atoms with van der Waals surface area (Å²) in [6, 6.07) is 15.5. The number of methoxy groups -OCH3 is 1. The van der Waals surface area contributed by atoms with Crippen LogP contribution >= 0.6 is 0 Å². The highest BCUT2D eigenvalue weighted by atomic mass is 16.5. The zero-order valence-corrected chi connectivity index (χ0v) is 30.8. The largest absolute Gasteiger partial charge is 0.494 e. The average Bonchev–Trinajstić information content (AvgIpc) is 3.62. The van der Waals surface area contributed by atoms with Crippen LogP contribution in [0.1, 0.15) is 79.8 Å². The number of pyridine rings is 1. The second-order valence-electron chi connectivity index (χ2n) is 15.5. The van der Waals surface area contributed by atoms with E-state index in [4.69, 9.17) is 9.84 Å². The second-order valence-corrected chi connectivity index (χ2v) is 15.5. The molecule has 4 aliphatic rings. The van der Waals surface area contributed by atoms with Crippen molar-refractivity contribution in [1.29, 1.82) is 5.26 Å². The number of amides is 4. The van der Waals surface area contributed by atoms with Crippen LogP contribution in [0.15, 0.2) is 61.1 Å². The van der Waals surface area contributed by atoms with Crippen molar-refractivity contribution in [2.24, 2.45) is 11.3 Å². The fourth-order valence-electron chi connectivity index (χ4n) is 8.91. The molecule has 54 heavy (non-hydrogen) atoms. The summed E-state index contributed by atoms with van der Waals surface area (Å²) < 4.78 is 7.71. The minimum Gasteiger partial charge on any atom is -0.494 e. The van der Waals surface area contributed by atoms with Gasteiger partial charge in [0.2, 0.25) is 5.91 Å². The first kappa shape index (κ1) is 35.5. The van der Waals surface area contributed by atoms with Gasteiger partial charge in [-0.2, -0.15) is 10.4 Å². The van der Waals surface area contributed by atoms with Gasteiger partial charge in [-0.15, -0.1) is 0 Å². The van der Waals surface area contributed by atoms with E-state index in [9.17, 15) is 19.6 Å². The highest BCUT2D eigenvalue weighted by molar-refractivity contribution is 6.06. The van der Waals surface area contributed by atoms with Gasteiger partial charge in [-0.25, -0.2) is 4.79 Å². The maximum atomic E-state index is 13.0. The van der Waals surface area contributed by atoms with Crippen LogP contribution in [0.5, 0.6) is 5.75 Å². The zero-order valence-electron chi connectivity index (χ0n) is 30.8. The number of benzene rings is 2. The number of carbonyl (C=O) groups is 3. The van der Waals surface area contributed by atoms with Crippen LogP contribution in [-0.4, -0.2) is 83.9 Å². The van der Waals surface area contributed by atoms with Gasteiger partial charge in [-0.1, -0.05) is 0 Å². The second kappa shape index (κ2) is 15.1. The minimum atomic E-state index is -0.358. The molecule has 2 N–H and O–H groups in total. The highest BCUT2D eigenvalue weighted by Gasteiger charge is 2.38. The van der Waals surface area contributed by atoms with Gasteiger partial charge in [0, 0.05) is 74.0 Å². The number of hydrogen-bond donors (Lipinski definition) is 2. The third-order valence-corrected chi connectivity index (χ3v) is 12.2. The molecule has 3 saturated heterocycles. The van der Waals surface area contributed by atoms with E-state index < -0.39 is 0 Å². The average molecular weight is 730 g/mol. The number of nitrogens with zero attached hydrogens (tertiary/aromatic N) is 7. The number of hydrogen-bond acceptors (Lipinski definition) is 9. The van der Waals surface area contributed by atoms with Crippen LogP contribution in [0.3, 0.4) is 0 Å². The molecule has 2 aromatic carbocycles. The van der Waals surface area contributed by atoms with E-state index in [0.717, 1.165) is 42.5 Å². The van der Waals surface area contributed by atoms with E-state index in [-0.39, 0.29) is 17.8 Å². The standard InChI is InChI=1S/C41H47N9O4/c1-54-37-22-35-31(21-36(37)44-39(52)30-20-29(23-42)24-43-25-30)27-50(46-35)34-4-2-28(3-5-34)26-47-16-11-41(12-17-47)13-18-48(19-14-41)32-6-8-33(9-7-32)49-15-10-38(51)45-40(49)53/h6-9,20-22,24-25,27-28,34H,2-5,10-19,26H2,1H3,(H,44,52)(H,45,51,53)/t28-,34-. The van der Waals surface area contributed by atoms with Crippen molar-refractivity contribution >= 4 is 45.8 Å². The predicted molar refractivity (Wildman–Crippen MR) is 206 cm³/mol. The van der Waals surface area contributed by atoms with E-state index in [0.29, 0.717) is 52.9 Å². The number of carbonyl (C=O) groups excluding carboxylic acids is 3. The lowest BCUT2D eigenvalue weighted by Gasteiger charge is -2.48. The van der Waals surface area contributed by atoms with Crippen LogP contribution < -0.4 is 25.2 Å². The molecule has 0 atom stereocenters. The summed E-state index contributed by atoms with van der Waals surface area (Å²) in [5, 5.41) is 20.4. The number of ether oxygens (including phenoxy) is 1. The molecule has 1 spiro atoms. The Balaban J connectivity index is 0.798. The fourth-order valence-corrected chi connectivity index (χ4v) is 8.91. The van der Waals surface area contributed by atoms with Gasteiger partial charge < -0.3 is 19.9 Å². The van der Waals surface area contributed by atoms with Crippen molar-refractivity contribution in [2.75, 3.05) is 61.5 Å². The van der Waals surface area contributed by atoms with Crippen molar-refractivity contribution in [3.05, 3.63) is 72.2 Å². The number of rotatable bonds is 8. The van der Waals surface area contributed by atoms with Crippen LogP contribution in [0, 0.1) is 22.7 Å². The first-order valence-corrected chi connectivity index (χ1v) is 19.2. The summed E-state index contributed by atoms with van der Waals surface area (Å²) >= 11 is 0. The number of piperidine rings is 2. The zero-order chi connectivity index (χ0) is 37.2. The molecule has 13 heteroatoms. The first-order chi connectivity index (χ1) is 26.3. The summed E-state index contributed by atoms with van der Waals surface area (Å²) in [7, 11) is 1.58. The number of imide groups is 1. The number of nitrogens with one attached hydrogen (secondary N) is 2. The summed E-state index contributed by atoms with van der Waals surface area (Å²) in [6.07, 6.45) is 14.8. The molecule has 5 heterocycles. The van der Waals surface area contributed by atoms with Gasteiger partial charge in [-0.3, -0.25) is 29.5 Å². The van der Waals surface area contributed by atoms with E-state index in [1.165, 1.54) is 82.3 Å². The topological polar surface area (TPSA) is 149 Å². The van der Waals surface area contributed by atoms with Crippen LogP contribution in [0.2, 0.25) is 0 Å². The molecular formula is C41H47N9O4. The summed E-state index contributed by atoms with van der Waals surface area (Å²) in [4.78, 5) is 47.5. The number of anilines is 3. The Labute approximate surface area is 315 Å². The van der Waals surface area contributed by atoms with Gasteiger partial charge >= 0.3 is 6.03 Å². The lowest BCUT2D eigenvalue weighted by molar-refractivity contribution is -0.120. The molecule has 13 nitrogen and oxygen atoms in total. The molecule has 4 fully saturated rings. The van der Waals surface area contributed by atoms with Gasteiger partial charge in [-0.05, 0) is 112 Å². The van der Waals surface area contributed by atoms with E-state index in [1.54, 1.807) is 12.0 Å². The molecule has 280 valence electrons. The molecular weight excluding hydrogens is 683 g/mol. The lowest BCUT2D eigenvalue weighted by Crippen LogP contribution is -2.49. The van der Waals surface area contributed by atoms with E-state index in [1.807, 2.05) is 30.3 Å². The van der Waals surface area contributed by atoms with Crippen molar-refractivity contribution in [3.63, 3.8) is 0 Å². The molecule has 4 aromatic rings. The maximum absolute atomic E-state index is 13.0. The molecule has 3 aliphatic heterocycles. The van der Waals surface area contributed by atoms with Gasteiger partial charge in [0.1, 0.15) is 11.8 Å². The van der Waals surface area contributed by atoms with Gasteiger partial charge in [0.15, 0.2) is 0 Å². The van der Waals surface area contributed by atoms with Crippen LogP contribution in [0.4, 0.5) is 21.9 Å². The lowest BCUT2D eigenvalue weighted by atomic mass is 9.71. The Morgan fingerprint density at radius 3 is 2.39 bits per heavy atom. The number of likely N-dealkylation sites (tertiary alicyclic amines) is 1. The smallest absolute Gasteiger partial charge is 0.328 e. The Kier molecular flexibility index (Phi) is 9.94. The van der Waals surface area contributed by atoms with E-state index in [2.05, 4.69) is 48.4 Å². The van der Waals surface area contributed by atoms with Gasteiger partial charge in [0.25, 0.3) is 5.91 Å². The van der Waals surface area contributed by atoms with Crippen molar-refractivity contribution < 1.29 is 19.1 Å². The number of fused-ring (bicyclic) bond motifs is 1. The molecule has 0 unspecified atom stereocenters. The molecule has 1 saturated carbocycles. The normalized spacial score (nSPS) is 21.9. The summed E-state index contributed by atoms with van der Waals surface area (Å²) in [5.41, 5.74) is 4.47. The van der Waals surface area contributed by atoms with Gasteiger partial charge in [0.05, 0.1) is 35.5 Å². The quantitative estimate of drug-likeness (QED) is 0.219. The molecule has 0 radical (unpaired) electrons. The number of urea groups is 1. The number of aromatic nitrogens is 3. The predicted octanol–water partition coefficient (Wildman–Crippen LogP) is 6.12. The third-order valence-electron chi connectivity index (χ3n) is 12.2. The van der Waals surface area contributed by atoms with Crippen LogP contribution in [0.25, 0.3) is 10.9 Å². The Morgan fingerprint density at radius 2 is 1.69 bits per heavy atom. The fraction of sp³-hybridized carbons (Fsp3) is 0.463. The Morgan fingerprint density at radius 1 is 0.963 bits per heavy atom. The molecule has 8 rings (SSSR count). The van der Waals surface area contributed by atoms with E-state index >= 15 is 0 Å². The summed E-state index contributed by atoms with van der Waals surface area (Å²) in [6.45, 7) is 6.08. The third kappa shape index (κ3) is 7.48. The molecule has 0 bridgehead atoms. The SMILES string of the molecule is COc1cc2nn([C@H]3CC[C@H](CN4CCC5(CC4)CCN(c4ccc(N6CCC(=O)NC6=O)cc4)CC5)CC3)cc2cc1NC(=O)c1cncc(C#N)c1. The van der Waals surface area contributed by atoms with Crippen molar-refractivity contribution in [3.8, 4) is 11.8 Å². The molecule has 2 aromatic heterocycles. The number of nitriles is 1. The monoisotopic (exact) mass is 729 g/mol. The maximum Gasteiger partial charge on any atom is 0.328 e. The van der Waals surface area contributed by atoms with Crippen molar-refractivity contribution in [1.82, 2.24) is 25.0 Å². The molecule has 1 aliphatic carbocycles. The highest BCUT2D eigenvalue weighted by Crippen LogP contribution is 2.43. The van der Waals surface area contributed by atoms with Crippen molar-refractivity contribution in [2.45, 2.75) is 63.8 Å². The first-order valence-electron chi connectivity index (χ1n) is 19.2. The minimum absolute atomic E-state index is 0.214. The summed E-state index contributed by atoms with van der Waals surface area (Å²) in [5.74, 6) is 0.662. The molecule has 4 amide bonds. The Hall–Kier alpha value is -5.48. The Bertz CT molecular complexity index is 2060.